The quantitative estimate of drug-likeness (QED) is 0.416. The molecule has 0 aliphatic carbocycles. The number of pyridine rings is 3. The largest absolute Gasteiger partial charge is 0.488 e. The van der Waals surface area contributed by atoms with Crippen LogP contribution in [0.4, 0.5) is 5.82 Å². The first-order chi connectivity index (χ1) is 17.7. The minimum atomic E-state index is -0.294. The molecule has 1 unspecified atom stereocenters. The zero-order valence-corrected chi connectivity index (χ0v) is 19.7. The van der Waals surface area contributed by atoms with Crippen LogP contribution in [0.25, 0.3) is 16.9 Å². The Kier molecular flexibility index (Phi) is 5.91. The van der Waals surface area contributed by atoms with Crippen LogP contribution >= 0.6 is 0 Å². The van der Waals surface area contributed by atoms with Crippen molar-refractivity contribution < 1.29 is 14.2 Å². The van der Waals surface area contributed by atoms with Crippen molar-refractivity contribution in [3.05, 3.63) is 70.0 Å². The van der Waals surface area contributed by atoms with Gasteiger partial charge in [-0.1, -0.05) is 0 Å². The maximum atomic E-state index is 12.8. The summed E-state index contributed by atoms with van der Waals surface area (Å²) < 4.78 is 18.2. The van der Waals surface area contributed by atoms with Gasteiger partial charge < -0.3 is 24.8 Å². The standard InChI is InChI=1S/C25H25N7O4/c1-34-21-5-3-19-25(31-21)32(22(33)12-28-19)18-8-15-13-35-14-16(23(15)29-11-18)9-26-10-17-2-4-20-24(30-17)27-6-7-36-20/h2-5,8,11-12,16,26H,6-7,9-10,13-14H2,1H3,(H,27,30). The molecule has 0 saturated heterocycles. The van der Waals surface area contributed by atoms with E-state index in [1.807, 2.05) is 18.2 Å². The average molecular weight is 488 g/mol. The number of nitrogens with one attached hydrogen (secondary N) is 2. The van der Waals surface area contributed by atoms with E-state index in [0.29, 0.717) is 55.6 Å². The first-order valence-corrected chi connectivity index (χ1v) is 11.8. The fourth-order valence-corrected chi connectivity index (χ4v) is 4.53. The molecular formula is C25H25N7O4. The molecule has 2 aliphatic rings. The maximum absolute atomic E-state index is 12.8. The molecule has 4 aromatic rings. The van der Waals surface area contributed by atoms with Gasteiger partial charge in [0.2, 0.25) is 5.88 Å². The molecule has 2 aliphatic heterocycles. The van der Waals surface area contributed by atoms with E-state index in [1.54, 1.807) is 18.3 Å². The zero-order chi connectivity index (χ0) is 24.5. The Labute approximate surface area is 206 Å². The molecule has 4 aromatic heterocycles. The minimum Gasteiger partial charge on any atom is -0.488 e. The van der Waals surface area contributed by atoms with Crippen molar-refractivity contribution >= 4 is 17.0 Å². The summed E-state index contributed by atoms with van der Waals surface area (Å²) in [5.74, 6) is 2.05. The van der Waals surface area contributed by atoms with Crippen molar-refractivity contribution in [1.82, 2.24) is 29.8 Å². The lowest BCUT2D eigenvalue weighted by atomic mass is 9.98. The minimum absolute atomic E-state index is 0.0750. The molecule has 0 spiro atoms. The Morgan fingerprint density at radius 2 is 2.14 bits per heavy atom. The number of methoxy groups -OCH3 is 1. The number of ether oxygens (including phenoxy) is 3. The van der Waals surface area contributed by atoms with Gasteiger partial charge in [-0.25, -0.2) is 9.97 Å². The van der Waals surface area contributed by atoms with Crippen molar-refractivity contribution in [3.63, 3.8) is 0 Å². The van der Waals surface area contributed by atoms with Gasteiger partial charge in [0.15, 0.2) is 17.2 Å². The van der Waals surface area contributed by atoms with Crippen molar-refractivity contribution in [2.75, 3.05) is 38.7 Å². The number of hydrogen-bond donors (Lipinski definition) is 2. The second-order valence-electron chi connectivity index (χ2n) is 8.63. The Hall–Kier alpha value is -4.09. The first-order valence-electron chi connectivity index (χ1n) is 11.8. The van der Waals surface area contributed by atoms with Crippen LogP contribution in [-0.4, -0.2) is 57.9 Å². The maximum Gasteiger partial charge on any atom is 0.275 e. The number of rotatable bonds is 6. The van der Waals surface area contributed by atoms with Crippen molar-refractivity contribution in [2.45, 2.75) is 19.1 Å². The molecule has 184 valence electrons. The summed E-state index contributed by atoms with van der Waals surface area (Å²) in [5, 5.41) is 6.74. The van der Waals surface area contributed by atoms with Crippen LogP contribution in [0.1, 0.15) is 22.9 Å². The van der Waals surface area contributed by atoms with Gasteiger partial charge in [0.25, 0.3) is 5.56 Å². The molecule has 1 atom stereocenters. The SMILES string of the molecule is COc1ccc2ncc(=O)n(-c3cnc4c(c3)COCC4CNCc3ccc4c(n3)NCCO4)c2n1. The molecular weight excluding hydrogens is 462 g/mol. The highest BCUT2D eigenvalue weighted by atomic mass is 16.5. The first kappa shape index (κ1) is 22.4. The monoisotopic (exact) mass is 487 g/mol. The summed E-state index contributed by atoms with van der Waals surface area (Å²) in [6.07, 6.45) is 2.99. The number of hydrogen-bond acceptors (Lipinski definition) is 10. The Morgan fingerprint density at radius 3 is 3.06 bits per heavy atom. The van der Waals surface area contributed by atoms with Crippen LogP contribution in [0.3, 0.4) is 0 Å². The third-order valence-electron chi connectivity index (χ3n) is 6.26. The van der Waals surface area contributed by atoms with E-state index in [2.05, 4.69) is 25.6 Å². The van der Waals surface area contributed by atoms with Gasteiger partial charge in [-0.3, -0.25) is 14.3 Å². The number of fused-ring (bicyclic) bond motifs is 3. The summed E-state index contributed by atoms with van der Waals surface area (Å²) in [5.41, 5.74) is 4.15. The fraction of sp³-hybridized carbons (Fsp3) is 0.320. The molecule has 6 rings (SSSR count). The molecule has 0 radical (unpaired) electrons. The summed E-state index contributed by atoms with van der Waals surface area (Å²) >= 11 is 0. The topological polar surface area (TPSA) is 125 Å². The second kappa shape index (κ2) is 9.51. The van der Waals surface area contributed by atoms with Gasteiger partial charge in [-0.15, -0.1) is 0 Å². The summed E-state index contributed by atoms with van der Waals surface area (Å²) in [4.78, 5) is 30.8. The highest BCUT2D eigenvalue weighted by Crippen LogP contribution is 2.27. The molecule has 0 bridgehead atoms. The molecule has 0 amide bonds. The van der Waals surface area contributed by atoms with Gasteiger partial charge >= 0.3 is 0 Å². The molecule has 36 heavy (non-hydrogen) atoms. The van der Waals surface area contributed by atoms with Crippen LogP contribution in [0, 0.1) is 0 Å². The van der Waals surface area contributed by atoms with Crippen LogP contribution in [0.15, 0.2) is 47.5 Å². The second-order valence-corrected chi connectivity index (χ2v) is 8.63. The lowest BCUT2D eigenvalue weighted by Gasteiger charge is -2.25. The number of aromatic nitrogens is 5. The summed E-state index contributed by atoms with van der Waals surface area (Å²) in [6, 6.07) is 9.34. The van der Waals surface area contributed by atoms with Crippen molar-refractivity contribution in [2.24, 2.45) is 0 Å². The highest BCUT2D eigenvalue weighted by Gasteiger charge is 2.23. The van der Waals surface area contributed by atoms with E-state index in [4.69, 9.17) is 19.2 Å². The van der Waals surface area contributed by atoms with E-state index in [1.165, 1.54) is 17.9 Å². The number of anilines is 1. The molecule has 0 saturated carbocycles. The average Bonchev–Trinajstić information content (AvgIpc) is 2.92. The van der Waals surface area contributed by atoms with E-state index < -0.39 is 0 Å². The van der Waals surface area contributed by atoms with Crippen LogP contribution in [0.2, 0.25) is 0 Å². The van der Waals surface area contributed by atoms with Gasteiger partial charge in [-0.2, -0.15) is 4.98 Å². The van der Waals surface area contributed by atoms with Gasteiger partial charge in [0.1, 0.15) is 12.1 Å². The zero-order valence-electron chi connectivity index (χ0n) is 19.7. The van der Waals surface area contributed by atoms with Gasteiger partial charge in [-0.05, 0) is 24.3 Å². The molecule has 6 heterocycles. The Balaban J connectivity index is 1.22. The molecule has 11 nitrogen and oxygen atoms in total. The van der Waals surface area contributed by atoms with E-state index in [0.717, 1.165) is 35.1 Å². The highest BCUT2D eigenvalue weighted by molar-refractivity contribution is 5.72. The molecule has 11 heteroatoms. The molecule has 0 fully saturated rings. The predicted molar refractivity (Wildman–Crippen MR) is 132 cm³/mol. The fourth-order valence-electron chi connectivity index (χ4n) is 4.53. The van der Waals surface area contributed by atoms with Crippen molar-refractivity contribution in [1.29, 1.82) is 0 Å². The van der Waals surface area contributed by atoms with Crippen LogP contribution in [0.5, 0.6) is 11.6 Å². The Bertz CT molecular complexity index is 1490. The lowest BCUT2D eigenvalue weighted by Crippen LogP contribution is -2.29. The van der Waals surface area contributed by atoms with E-state index in [9.17, 15) is 4.79 Å². The van der Waals surface area contributed by atoms with Crippen molar-refractivity contribution in [3.8, 4) is 17.3 Å². The predicted octanol–water partition coefficient (Wildman–Crippen LogP) is 1.79. The summed E-state index contributed by atoms with van der Waals surface area (Å²) in [6.45, 7) is 3.70. The third-order valence-corrected chi connectivity index (χ3v) is 6.26. The smallest absolute Gasteiger partial charge is 0.275 e. The van der Waals surface area contributed by atoms with Gasteiger partial charge in [0, 0.05) is 30.6 Å². The Morgan fingerprint density at radius 1 is 1.19 bits per heavy atom. The number of nitrogens with zero attached hydrogens (tertiary/aromatic N) is 5. The molecule has 0 aromatic carbocycles. The van der Waals surface area contributed by atoms with Gasteiger partial charge in [0.05, 0.1) is 56.3 Å². The summed E-state index contributed by atoms with van der Waals surface area (Å²) in [7, 11) is 1.53. The van der Waals surface area contributed by atoms with E-state index in [-0.39, 0.29) is 11.5 Å². The molecule has 2 N–H and O–H groups in total. The van der Waals surface area contributed by atoms with E-state index >= 15 is 0 Å². The van der Waals surface area contributed by atoms with Crippen LogP contribution in [-0.2, 0) is 17.9 Å². The normalized spacial score (nSPS) is 16.5. The third kappa shape index (κ3) is 4.23. The van der Waals surface area contributed by atoms with Crippen LogP contribution < -0.4 is 25.7 Å². The lowest BCUT2D eigenvalue weighted by molar-refractivity contribution is 0.0886.